The van der Waals surface area contributed by atoms with E-state index in [2.05, 4.69) is 10.3 Å². The molecule has 8 heteroatoms. The number of hydrogen-bond acceptors (Lipinski definition) is 6. The van der Waals surface area contributed by atoms with Crippen LogP contribution >= 0.6 is 11.3 Å². The normalized spacial score (nSPS) is 24.4. The maximum Gasteiger partial charge on any atom is 0.350 e. The Hall–Kier alpha value is -3.00. The van der Waals surface area contributed by atoms with Crippen LogP contribution in [0.4, 0.5) is 5.13 Å². The Bertz CT molecular complexity index is 984. The van der Waals surface area contributed by atoms with Crippen LogP contribution in [-0.4, -0.2) is 34.5 Å². The standard InChI is InChI=1S/C21H20N2O5S/c1-2-28-20(27)17-16(11-6-4-3-5-7-11)22-21(29-17)23-18(24)14-12-8-9-13(10-12)15(14)19(25)26/h3-9,12-15H,2,10H2,1H3,(H,25,26)(H,22,23,24). The van der Waals surface area contributed by atoms with Crippen molar-refractivity contribution in [2.75, 3.05) is 11.9 Å². The molecule has 1 fully saturated rings. The van der Waals surface area contributed by atoms with E-state index >= 15 is 0 Å². The molecule has 7 nitrogen and oxygen atoms in total. The number of fused-ring (bicyclic) bond motifs is 2. The van der Waals surface area contributed by atoms with Gasteiger partial charge in [0, 0.05) is 5.56 Å². The van der Waals surface area contributed by atoms with Gasteiger partial charge in [-0.05, 0) is 25.2 Å². The van der Waals surface area contributed by atoms with Crippen molar-refractivity contribution in [2.45, 2.75) is 13.3 Å². The molecule has 1 aromatic heterocycles. The molecule has 4 rings (SSSR count). The molecular weight excluding hydrogens is 392 g/mol. The van der Waals surface area contributed by atoms with Crippen molar-refractivity contribution in [3.8, 4) is 11.3 Å². The highest BCUT2D eigenvalue weighted by molar-refractivity contribution is 7.18. The van der Waals surface area contributed by atoms with Crippen LogP contribution in [0.15, 0.2) is 42.5 Å². The number of carboxylic acid groups (broad SMARTS) is 1. The highest BCUT2D eigenvalue weighted by atomic mass is 32.1. The van der Waals surface area contributed by atoms with E-state index in [4.69, 9.17) is 4.74 Å². The molecule has 4 atom stereocenters. The molecule has 4 unspecified atom stereocenters. The SMILES string of the molecule is CCOC(=O)c1sc(NC(=O)C2C3C=CC(C3)C2C(=O)O)nc1-c1ccccc1. The minimum atomic E-state index is -0.960. The molecule has 2 N–H and O–H groups in total. The zero-order valence-corrected chi connectivity index (χ0v) is 16.5. The van der Waals surface area contributed by atoms with Crippen LogP contribution in [0.1, 0.15) is 23.0 Å². The summed E-state index contributed by atoms with van der Waals surface area (Å²) in [5.41, 5.74) is 1.17. The summed E-state index contributed by atoms with van der Waals surface area (Å²) in [6.07, 6.45) is 4.49. The summed E-state index contributed by atoms with van der Waals surface area (Å²) in [6, 6.07) is 9.17. The van der Waals surface area contributed by atoms with Gasteiger partial charge in [0.2, 0.25) is 5.91 Å². The summed E-state index contributed by atoms with van der Waals surface area (Å²) in [5, 5.41) is 12.6. The van der Waals surface area contributed by atoms with E-state index < -0.39 is 23.8 Å². The van der Waals surface area contributed by atoms with Gasteiger partial charge in [-0.15, -0.1) is 0 Å². The van der Waals surface area contributed by atoms with E-state index in [1.54, 1.807) is 6.92 Å². The highest BCUT2D eigenvalue weighted by Gasteiger charge is 2.51. The van der Waals surface area contributed by atoms with Crippen molar-refractivity contribution in [3.05, 3.63) is 47.4 Å². The van der Waals surface area contributed by atoms with E-state index in [9.17, 15) is 19.5 Å². The number of carboxylic acids is 1. The number of esters is 1. The lowest BCUT2D eigenvalue weighted by molar-refractivity contribution is -0.146. The van der Waals surface area contributed by atoms with Crippen molar-refractivity contribution >= 4 is 34.3 Å². The molecule has 0 radical (unpaired) electrons. The van der Waals surface area contributed by atoms with Crippen LogP contribution in [0.25, 0.3) is 11.3 Å². The summed E-state index contributed by atoms with van der Waals surface area (Å²) in [6.45, 7) is 1.95. The van der Waals surface area contributed by atoms with Crippen LogP contribution in [0.5, 0.6) is 0 Å². The van der Waals surface area contributed by atoms with Gasteiger partial charge < -0.3 is 15.2 Å². The van der Waals surface area contributed by atoms with Gasteiger partial charge in [0.25, 0.3) is 0 Å². The number of carbonyl (C=O) groups excluding carboxylic acids is 2. The van der Waals surface area contributed by atoms with Gasteiger partial charge in [-0.25, -0.2) is 9.78 Å². The van der Waals surface area contributed by atoms with Gasteiger partial charge in [-0.2, -0.15) is 0 Å². The number of aliphatic carboxylic acids is 1. The zero-order chi connectivity index (χ0) is 20.5. The predicted octanol–water partition coefficient (Wildman–Crippen LogP) is 3.45. The third-order valence-electron chi connectivity index (χ3n) is 5.41. The molecule has 1 amide bonds. The van der Waals surface area contributed by atoms with Crippen molar-refractivity contribution in [1.29, 1.82) is 0 Å². The third kappa shape index (κ3) is 3.55. The Morgan fingerprint density at radius 2 is 1.86 bits per heavy atom. The van der Waals surface area contributed by atoms with Crippen LogP contribution in [0.3, 0.4) is 0 Å². The fourth-order valence-corrected chi connectivity index (χ4v) is 5.09. The second-order valence-electron chi connectivity index (χ2n) is 7.11. The first kappa shape index (κ1) is 19.3. The van der Waals surface area contributed by atoms with Crippen molar-refractivity contribution < 1.29 is 24.2 Å². The summed E-state index contributed by atoms with van der Waals surface area (Å²) < 4.78 is 5.13. The predicted molar refractivity (Wildman–Crippen MR) is 107 cm³/mol. The lowest BCUT2D eigenvalue weighted by Crippen LogP contribution is -2.36. The van der Waals surface area contributed by atoms with E-state index in [0.29, 0.717) is 17.0 Å². The van der Waals surface area contributed by atoms with E-state index in [-0.39, 0.29) is 29.5 Å². The molecule has 2 bridgehead atoms. The van der Waals surface area contributed by atoms with Gasteiger partial charge in [0.1, 0.15) is 4.88 Å². The van der Waals surface area contributed by atoms with Crippen molar-refractivity contribution in [3.63, 3.8) is 0 Å². The fourth-order valence-electron chi connectivity index (χ4n) is 4.21. The minimum Gasteiger partial charge on any atom is -0.481 e. The number of amides is 1. The van der Waals surface area contributed by atoms with E-state index in [1.165, 1.54) is 0 Å². The quantitative estimate of drug-likeness (QED) is 0.556. The number of hydrogen-bond donors (Lipinski definition) is 2. The zero-order valence-electron chi connectivity index (χ0n) is 15.7. The number of carbonyl (C=O) groups is 3. The van der Waals surface area contributed by atoms with Gasteiger partial charge in [-0.3, -0.25) is 9.59 Å². The van der Waals surface area contributed by atoms with Gasteiger partial charge in [0.15, 0.2) is 5.13 Å². The van der Waals surface area contributed by atoms with Gasteiger partial charge in [0.05, 0.1) is 24.1 Å². The molecule has 2 aliphatic carbocycles. The number of nitrogens with one attached hydrogen (secondary N) is 1. The number of aromatic nitrogens is 1. The average molecular weight is 412 g/mol. The number of ether oxygens (including phenoxy) is 1. The smallest absolute Gasteiger partial charge is 0.350 e. The molecule has 1 heterocycles. The number of benzene rings is 1. The number of thiazole rings is 1. The van der Waals surface area contributed by atoms with Crippen LogP contribution in [0.2, 0.25) is 0 Å². The minimum absolute atomic E-state index is 0.0841. The Balaban J connectivity index is 1.62. The summed E-state index contributed by atoms with van der Waals surface area (Å²) in [7, 11) is 0. The van der Waals surface area contributed by atoms with E-state index in [0.717, 1.165) is 16.9 Å². The summed E-state index contributed by atoms with van der Waals surface area (Å²) in [5.74, 6) is -3.41. The number of rotatable bonds is 6. The maximum absolute atomic E-state index is 12.9. The first-order valence-electron chi connectivity index (χ1n) is 9.45. The van der Waals surface area contributed by atoms with Crippen molar-refractivity contribution in [1.82, 2.24) is 4.98 Å². The topological polar surface area (TPSA) is 106 Å². The van der Waals surface area contributed by atoms with Gasteiger partial charge >= 0.3 is 11.9 Å². The molecule has 150 valence electrons. The Morgan fingerprint density at radius 3 is 2.52 bits per heavy atom. The van der Waals surface area contributed by atoms with Crippen LogP contribution in [-0.2, 0) is 14.3 Å². The second kappa shape index (κ2) is 7.79. The Morgan fingerprint density at radius 1 is 1.17 bits per heavy atom. The molecule has 2 aliphatic rings. The molecule has 1 saturated carbocycles. The lowest BCUT2D eigenvalue weighted by Gasteiger charge is -2.23. The first-order chi connectivity index (χ1) is 14.0. The van der Waals surface area contributed by atoms with Crippen molar-refractivity contribution in [2.24, 2.45) is 23.7 Å². The number of nitrogens with zero attached hydrogens (tertiary/aromatic N) is 1. The molecule has 29 heavy (non-hydrogen) atoms. The Labute approximate surface area is 171 Å². The summed E-state index contributed by atoms with van der Waals surface area (Å²) in [4.78, 5) is 41.7. The molecular formula is C21H20N2O5S. The Kier molecular flexibility index (Phi) is 5.19. The molecule has 0 aliphatic heterocycles. The molecule has 2 aromatic rings. The third-order valence-corrected chi connectivity index (χ3v) is 6.36. The number of allylic oxidation sites excluding steroid dienone is 2. The van der Waals surface area contributed by atoms with Crippen LogP contribution in [0, 0.1) is 23.7 Å². The average Bonchev–Trinajstić information content (AvgIpc) is 3.43. The summed E-state index contributed by atoms with van der Waals surface area (Å²) >= 11 is 1.04. The molecule has 0 spiro atoms. The van der Waals surface area contributed by atoms with Crippen LogP contribution < -0.4 is 5.32 Å². The largest absolute Gasteiger partial charge is 0.481 e. The molecule has 0 saturated heterocycles. The highest BCUT2D eigenvalue weighted by Crippen LogP contribution is 2.48. The van der Waals surface area contributed by atoms with Gasteiger partial charge in [-0.1, -0.05) is 53.8 Å². The first-order valence-corrected chi connectivity index (χ1v) is 10.3. The fraction of sp³-hybridized carbons (Fsp3) is 0.333. The monoisotopic (exact) mass is 412 g/mol. The maximum atomic E-state index is 12.9. The van der Waals surface area contributed by atoms with E-state index in [1.807, 2.05) is 42.5 Å². The molecule has 1 aromatic carbocycles. The number of anilines is 1. The second-order valence-corrected chi connectivity index (χ2v) is 8.11. The lowest BCUT2D eigenvalue weighted by atomic mass is 9.82.